The standard InChI is InChI=1S/C6H8Cl.2CH3.Al/c1-2-3-4-5-6-7;;;/h3-6H2;2*1H3;. The molecule has 0 unspecified atom stereocenters. The maximum atomic E-state index is 5.50. The molecule has 0 nitrogen and oxygen atoms in total. The zero-order valence-corrected chi connectivity index (χ0v) is 8.69. The highest BCUT2D eigenvalue weighted by Crippen LogP contribution is 1.94. The molecule has 0 saturated carbocycles. The smallest absolute Gasteiger partial charge is 0.205 e. The van der Waals surface area contributed by atoms with E-state index < -0.39 is 14.1 Å². The molecular formula is C8H14AlCl. The minimum atomic E-state index is -0.616. The van der Waals surface area contributed by atoms with Gasteiger partial charge in [0, 0.05) is 12.3 Å². The van der Waals surface area contributed by atoms with E-state index in [9.17, 15) is 0 Å². The van der Waals surface area contributed by atoms with Crippen LogP contribution in [0.2, 0.25) is 11.6 Å². The van der Waals surface area contributed by atoms with Crippen LogP contribution in [0.3, 0.4) is 0 Å². The van der Waals surface area contributed by atoms with Crippen LogP contribution in [0.1, 0.15) is 19.3 Å². The third-order valence-electron chi connectivity index (χ3n) is 1.08. The van der Waals surface area contributed by atoms with Crippen LogP contribution in [0.5, 0.6) is 0 Å². The summed E-state index contributed by atoms with van der Waals surface area (Å²) in [6, 6.07) is 0. The normalized spacial score (nSPS) is 8.30. The minimum absolute atomic E-state index is 0.616. The Bertz CT molecular complexity index is 121. The monoisotopic (exact) mass is 172 g/mol. The fourth-order valence-electron chi connectivity index (χ4n) is 0.584. The SMILES string of the molecule is [CH3][Al]([CH3])[C]#CCCCCCl. The van der Waals surface area contributed by atoms with Crippen molar-refractivity contribution in [3.05, 3.63) is 0 Å². The van der Waals surface area contributed by atoms with Gasteiger partial charge in [0.05, 0.1) is 0 Å². The van der Waals surface area contributed by atoms with Gasteiger partial charge < -0.3 is 0 Å². The van der Waals surface area contributed by atoms with Crippen molar-refractivity contribution in [2.75, 3.05) is 5.88 Å². The molecule has 0 saturated heterocycles. The van der Waals surface area contributed by atoms with Gasteiger partial charge >= 0.3 is 14.1 Å². The Morgan fingerprint density at radius 2 is 2.00 bits per heavy atom. The zero-order valence-electron chi connectivity index (χ0n) is 6.78. The summed E-state index contributed by atoms with van der Waals surface area (Å²) < 4.78 is 0. The molecule has 0 amide bonds. The summed E-state index contributed by atoms with van der Waals surface area (Å²) in [5.41, 5.74) is 0. The minimum Gasteiger partial charge on any atom is -0.205 e. The van der Waals surface area contributed by atoms with Crippen molar-refractivity contribution in [1.82, 2.24) is 0 Å². The second-order valence-electron chi connectivity index (χ2n) is 2.62. The number of unbranched alkanes of at least 4 members (excludes halogenated alkanes) is 2. The molecule has 2 heteroatoms. The van der Waals surface area contributed by atoms with E-state index in [1.807, 2.05) is 0 Å². The van der Waals surface area contributed by atoms with Crippen molar-refractivity contribution >= 4 is 25.7 Å². The molecule has 10 heavy (non-hydrogen) atoms. The third-order valence-corrected chi connectivity index (χ3v) is 2.12. The number of alkyl halides is 1. The van der Waals surface area contributed by atoms with Gasteiger partial charge in [-0.1, -0.05) is 11.6 Å². The van der Waals surface area contributed by atoms with E-state index in [2.05, 4.69) is 22.3 Å². The van der Waals surface area contributed by atoms with E-state index in [0.717, 1.165) is 25.1 Å². The Balaban J connectivity index is 3.12. The Morgan fingerprint density at radius 1 is 1.30 bits per heavy atom. The van der Waals surface area contributed by atoms with Gasteiger partial charge in [0.15, 0.2) is 0 Å². The maximum Gasteiger partial charge on any atom is 0.369 e. The molecule has 0 aromatic rings. The third kappa shape index (κ3) is 8.38. The lowest BCUT2D eigenvalue weighted by atomic mass is 10.3. The molecule has 0 aliphatic heterocycles. The van der Waals surface area contributed by atoms with E-state index >= 15 is 0 Å². The van der Waals surface area contributed by atoms with E-state index in [1.165, 1.54) is 0 Å². The van der Waals surface area contributed by atoms with Crippen molar-refractivity contribution in [3.8, 4) is 10.7 Å². The predicted molar refractivity (Wildman–Crippen MR) is 49.8 cm³/mol. The number of halogens is 1. The van der Waals surface area contributed by atoms with E-state index in [-0.39, 0.29) is 0 Å². The van der Waals surface area contributed by atoms with Gasteiger partial charge in [0.25, 0.3) is 0 Å². The van der Waals surface area contributed by atoms with Crippen LogP contribution in [0, 0.1) is 10.7 Å². The first-order chi connectivity index (χ1) is 4.77. The molecule has 0 aromatic heterocycles. The van der Waals surface area contributed by atoms with E-state index in [4.69, 9.17) is 11.6 Å². The fraction of sp³-hybridized carbons (Fsp3) is 0.750. The fourth-order valence-corrected chi connectivity index (χ4v) is 1.33. The van der Waals surface area contributed by atoms with Gasteiger partial charge in [-0.05, 0) is 12.8 Å². The molecule has 0 rings (SSSR count). The number of rotatable bonds is 3. The van der Waals surface area contributed by atoms with Crippen LogP contribution in [0.4, 0.5) is 0 Å². The Hall–Kier alpha value is 0.382. The van der Waals surface area contributed by atoms with Crippen LogP contribution < -0.4 is 0 Å². The van der Waals surface area contributed by atoms with Crippen LogP contribution in [-0.2, 0) is 0 Å². The van der Waals surface area contributed by atoms with E-state index in [0.29, 0.717) is 0 Å². The highest BCUT2D eigenvalue weighted by atomic mass is 35.5. The summed E-state index contributed by atoms with van der Waals surface area (Å²) >= 11 is 4.89. The van der Waals surface area contributed by atoms with Gasteiger partial charge in [-0.15, -0.1) is 17.5 Å². The molecule has 0 spiro atoms. The lowest BCUT2D eigenvalue weighted by molar-refractivity contribution is 0.834. The summed E-state index contributed by atoms with van der Waals surface area (Å²) in [5.74, 6) is 8.44. The van der Waals surface area contributed by atoms with Crippen molar-refractivity contribution in [2.45, 2.75) is 30.8 Å². The molecule has 0 aromatic carbocycles. The van der Waals surface area contributed by atoms with Crippen molar-refractivity contribution in [3.63, 3.8) is 0 Å². The predicted octanol–water partition coefficient (Wildman–Crippen LogP) is 2.69. The summed E-state index contributed by atoms with van der Waals surface area (Å²) in [5, 5.41) is 0. The summed E-state index contributed by atoms with van der Waals surface area (Å²) in [6.07, 6.45) is 3.31. The highest BCUT2D eigenvalue weighted by molar-refractivity contribution is 6.64. The van der Waals surface area contributed by atoms with Crippen LogP contribution >= 0.6 is 11.6 Å². The molecule has 0 N–H and O–H groups in total. The van der Waals surface area contributed by atoms with Crippen molar-refractivity contribution in [2.24, 2.45) is 0 Å². The first-order valence-corrected chi connectivity index (χ1v) is 7.24. The Labute approximate surface area is 73.3 Å². The number of hydrogen-bond acceptors (Lipinski definition) is 0. The average Bonchev–Trinajstić information content (AvgIpc) is 1.87. The van der Waals surface area contributed by atoms with Crippen molar-refractivity contribution in [1.29, 1.82) is 0 Å². The summed E-state index contributed by atoms with van der Waals surface area (Å²) in [6.45, 7) is 0. The van der Waals surface area contributed by atoms with E-state index in [1.54, 1.807) is 0 Å². The molecule has 0 fully saturated rings. The van der Waals surface area contributed by atoms with Crippen molar-refractivity contribution < 1.29 is 0 Å². The second-order valence-corrected chi connectivity index (χ2v) is 5.60. The number of hydrogen-bond donors (Lipinski definition) is 0. The van der Waals surface area contributed by atoms with Gasteiger partial charge in [-0.2, -0.15) is 0 Å². The molecule has 0 aliphatic rings. The van der Waals surface area contributed by atoms with Gasteiger partial charge in [-0.3, -0.25) is 0 Å². The van der Waals surface area contributed by atoms with Crippen LogP contribution in [-0.4, -0.2) is 20.0 Å². The lowest BCUT2D eigenvalue weighted by Gasteiger charge is -1.87. The average molecular weight is 173 g/mol. The van der Waals surface area contributed by atoms with Crippen LogP contribution in [0.15, 0.2) is 0 Å². The lowest BCUT2D eigenvalue weighted by Crippen LogP contribution is -1.92. The summed E-state index contributed by atoms with van der Waals surface area (Å²) in [7, 11) is 0. The molecule has 0 heterocycles. The highest BCUT2D eigenvalue weighted by Gasteiger charge is 1.92. The molecular weight excluding hydrogens is 159 g/mol. The van der Waals surface area contributed by atoms with Gasteiger partial charge in [0.2, 0.25) is 0 Å². The topological polar surface area (TPSA) is 0 Å². The van der Waals surface area contributed by atoms with Gasteiger partial charge in [0.1, 0.15) is 0 Å². The maximum absolute atomic E-state index is 5.50. The first kappa shape index (κ1) is 10.4. The largest absolute Gasteiger partial charge is 0.369 e. The van der Waals surface area contributed by atoms with Gasteiger partial charge in [-0.25, -0.2) is 4.78 Å². The Morgan fingerprint density at radius 3 is 2.50 bits per heavy atom. The molecule has 0 radical (unpaired) electrons. The molecule has 56 valence electrons. The first-order valence-electron chi connectivity index (χ1n) is 3.81. The molecule has 0 bridgehead atoms. The molecule has 0 atom stereocenters. The molecule has 0 aliphatic carbocycles. The van der Waals surface area contributed by atoms with Crippen LogP contribution in [0.25, 0.3) is 0 Å². The Kier molecular flexibility index (Phi) is 7.78. The second kappa shape index (κ2) is 7.49. The quantitative estimate of drug-likeness (QED) is 0.266. The zero-order chi connectivity index (χ0) is 7.82. The summed E-state index contributed by atoms with van der Waals surface area (Å²) in [4.78, 5) is 3.25.